The van der Waals surface area contributed by atoms with E-state index in [2.05, 4.69) is 10.6 Å². The van der Waals surface area contributed by atoms with Crippen LogP contribution in [-0.4, -0.2) is 23.7 Å². The Morgan fingerprint density at radius 1 is 1.11 bits per heavy atom. The van der Waals surface area contributed by atoms with Gasteiger partial charge in [-0.25, -0.2) is 9.59 Å². The van der Waals surface area contributed by atoms with E-state index in [1.807, 2.05) is 46.8 Å². The van der Waals surface area contributed by atoms with Gasteiger partial charge in [0.15, 0.2) is 0 Å². The molecule has 3 N–H and O–H groups in total. The zero-order valence-electron chi connectivity index (χ0n) is 17.1. The van der Waals surface area contributed by atoms with Crippen molar-refractivity contribution in [3.63, 3.8) is 0 Å². The van der Waals surface area contributed by atoms with Crippen LogP contribution in [0.4, 0.5) is 10.5 Å². The number of carbonyl (C=O) groups excluding carboxylic acids is 2. The Hall–Kier alpha value is -3.02. The second-order valence-corrected chi connectivity index (χ2v) is 7.75. The fourth-order valence-electron chi connectivity index (χ4n) is 2.59. The number of rotatable bonds is 5. The van der Waals surface area contributed by atoms with Gasteiger partial charge < -0.3 is 20.5 Å². The summed E-state index contributed by atoms with van der Waals surface area (Å²) in [4.78, 5) is 24.5. The Morgan fingerprint density at radius 3 is 2.32 bits per heavy atom. The lowest BCUT2D eigenvalue weighted by molar-refractivity contribution is 0.0734. The molecule has 2 aromatic carbocycles. The summed E-state index contributed by atoms with van der Waals surface area (Å²) in [7, 11) is 0. The van der Waals surface area contributed by atoms with Crippen molar-refractivity contribution in [2.24, 2.45) is 0 Å². The van der Waals surface area contributed by atoms with Gasteiger partial charge in [-0.1, -0.05) is 45.4 Å². The largest absolute Gasteiger partial charge is 0.505 e. The van der Waals surface area contributed by atoms with Crippen molar-refractivity contribution in [3.8, 4) is 11.5 Å². The van der Waals surface area contributed by atoms with Crippen molar-refractivity contribution in [1.29, 1.82) is 0 Å². The standard InChI is InChI=1S/C22H28N2O4/c1-6-11-23-21(27)24-18-13-16(12-17(19(18)25)22(3,4)5)28-20(26)15-9-7-14(2)8-10-15/h7-10,12-13,25H,6,11H2,1-5H3,(H2,23,24,27). The number of hydrogen-bond donors (Lipinski definition) is 3. The summed E-state index contributed by atoms with van der Waals surface area (Å²) in [5.41, 5.74) is 1.79. The number of phenolic OH excluding ortho intramolecular Hbond substituents is 1. The number of aromatic hydroxyl groups is 1. The van der Waals surface area contributed by atoms with E-state index in [0.717, 1.165) is 12.0 Å². The lowest BCUT2D eigenvalue weighted by Crippen LogP contribution is -2.29. The average molecular weight is 384 g/mol. The first-order valence-corrected chi connectivity index (χ1v) is 9.33. The molecule has 0 spiro atoms. The van der Waals surface area contributed by atoms with Crippen LogP contribution in [0.15, 0.2) is 36.4 Å². The summed E-state index contributed by atoms with van der Waals surface area (Å²) in [6.07, 6.45) is 0.793. The summed E-state index contributed by atoms with van der Waals surface area (Å²) < 4.78 is 5.51. The van der Waals surface area contributed by atoms with Gasteiger partial charge in [0.2, 0.25) is 0 Å². The Morgan fingerprint density at radius 2 is 1.75 bits per heavy atom. The van der Waals surface area contributed by atoms with Gasteiger partial charge in [-0.05, 0) is 37.0 Å². The van der Waals surface area contributed by atoms with E-state index in [4.69, 9.17) is 4.74 Å². The van der Waals surface area contributed by atoms with Crippen molar-refractivity contribution in [1.82, 2.24) is 5.32 Å². The van der Waals surface area contributed by atoms with Gasteiger partial charge in [-0.2, -0.15) is 0 Å². The number of anilines is 1. The zero-order valence-corrected chi connectivity index (χ0v) is 17.1. The molecule has 2 rings (SSSR count). The van der Waals surface area contributed by atoms with E-state index in [1.165, 1.54) is 6.07 Å². The minimum absolute atomic E-state index is 0.0470. The van der Waals surface area contributed by atoms with Crippen molar-refractivity contribution in [3.05, 3.63) is 53.1 Å². The van der Waals surface area contributed by atoms with E-state index in [0.29, 0.717) is 17.7 Å². The minimum atomic E-state index is -0.507. The number of esters is 1. The quantitative estimate of drug-likeness (QED) is 0.394. The van der Waals surface area contributed by atoms with Crippen LogP contribution in [0.25, 0.3) is 0 Å². The van der Waals surface area contributed by atoms with Gasteiger partial charge in [-0.3, -0.25) is 0 Å². The molecule has 0 saturated heterocycles. The van der Waals surface area contributed by atoms with Crippen molar-refractivity contribution < 1.29 is 19.4 Å². The first-order valence-electron chi connectivity index (χ1n) is 9.33. The monoisotopic (exact) mass is 384 g/mol. The Kier molecular flexibility index (Phi) is 6.67. The molecule has 0 aromatic heterocycles. The van der Waals surface area contributed by atoms with E-state index < -0.39 is 17.4 Å². The third kappa shape index (κ3) is 5.49. The van der Waals surface area contributed by atoms with Crippen LogP contribution in [-0.2, 0) is 5.41 Å². The molecule has 0 saturated carbocycles. The van der Waals surface area contributed by atoms with Crippen molar-refractivity contribution in [2.45, 2.75) is 46.5 Å². The molecule has 0 heterocycles. The van der Waals surface area contributed by atoms with Gasteiger partial charge >= 0.3 is 12.0 Å². The highest BCUT2D eigenvalue weighted by Crippen LogP contribution is 2.39. The number of hydrogen-bond acceptors (Lipinski definition) is 4. The van der Waals surface area contributed by atoms with Crippen LogP contribution in [0.1, 0.15) is 55.6 Å². The minimum Gasteiger partial charge on any atom is -0.505 e. The number of ether oxygens (including phenoxy) is 1. The van der Waals surface area contributed by atoms with Crippen LogP contribution in [0, 0.1) is 6.92 Å². The van der Waals surface area contributed by atoms with Crippen molar-refractivity contribution in [2.75, 3.05) is 11.9 Å². The summed E-state index contributed by atoms with van der Waals surface area (Å²) in [5.74, 6) is -0.305. The first kappa shape index (κ1) is 21.3. The number of benzene rings is 2. The third-order valence-corrected chi connectivity index (χ3v) is 4.17. The maximum absolute atomic E-state index is 12.5. The smallest absolute Gasteiger partial charge is 0.343 e. The van der Waals surface area contributed by atoms with E-state index in [9.17, 15) is 14.7 Å². The summed E-state index contributed by atoms with van der Waals surface area (Å²) in [6, 6.07) is 9.69. The highest BCUT2D eigenvalue weighted by molar-refractivity contribution is 5.93. The maximum atomic E-state index is 12.5. The fraction of sp³-hybridized carbons (Fsp3) is 0.364. The average Bonchev–Trinajstić information content (AvgIpc) is 2.62. The molecule has 0 atom stereocenters. The zero-order chi connectivity index (χ0) is 20.9. The summed E-state index contributed by atoms with van der Waals surface area (Å²) >= 11 is 0. The molecule has 0 fully saturated rings. The maximum Gasteiger partial charge on any atom is 0.343 e. The van der Waals surface area contributed by atoms with Gasteiger partial charge in [0.1, 0.15) is 11.5 Å². The van der Waals surface area contributed by atoms with E-state index >= 15 is 0 Å². The molecule has 0 aliphatic heterocycles. The third-order valence-electron chi connectivity index (χ3n) is 4.17. The second kappa shape index (κ2) is 8.78. The molecular weight excluding hydrogens is 356 g/mol. The molecule has 0 aliphatic carbocycles. The molecule has 0 bridgehead atoms. The topological polar surface area (TPSA) is 87.7 Å². The number of aryl methyl sites for hydroxylation is 1. The number of phenols is 1. The summed E-state index contributed by atoms with van der Waals surface area (Å²) in [5, 5.41) is 15.9. The molecule has 150 valence electrons. The molecule has 0 unspecified atom stereocenters. The van der Waals surface area contributed by atoms with E-state index in [-0.39, 0.29) is 17.2 Å². The fourth-order valence-corrected chi connectivity index (χ4v) is 2.59. The van der Waals surface area contributed by atoms with Crippen LogP contribution in [0.2, 0.25) is 0 Å². The molecular formula is C22H28N2O4. The van der Waals surface area contributed by atoms with E-state index in [1.54, 1.807) is 18.2 Å². The number of nitrogens with one attached hydrogen (secondary N) is 2. The van der Waals surface area contributed by atoms with Crippen molar-refractivity contribution >= 4 is 17.7 Å². The lowest BCUT2D eigenvalue weighted by atomic mass is 9.85. The highest BCUT2D eigenvalue weighted by atomic mass is 16.5. The Bertz CT molecular complexity index is 852. The predicted molar refractivity (Wildman–Crippen MR) is 110 cm³/mol. The van der Waals surface area contributed by atoms with Crippen LogP contribution in [0.5, 0.6) is 11.5 Å². The normalized spacial score (nSPS) is 11.0. The summed E-state index contributed by atoms with van der Waals surface area (Å²) in [6.45, 7) is 10.2. The molecule has 0 aliphatic rings. The van der Waals surface area contributed by atoms with Gasteiger partial charge in [-0.15, -0.1) is 0 Å². The van der Waals surface area contributed by atoms with Crippen LogP contribution < -0.4 is 15.4 Å². The van der Waals surface area contributed by atoms with Gasteiger partial charge in [0.05, 0.1) is 11.3 Å². The molecule has 2 aromatic rings. The molecule has 6 nitrogen and oxygen atoms in total. The lowest BCUT2D eigenvalue weighted by Gasteiger charge is -2.23. The Labute approximate surface area is 165 Å². The second-order valence-electron chi connectivity index (χ2n) is 7.75. The number of amides is 2. The highest BCUT2D eigenvalue weighted by Gasteiger charge is 2.23. The molecule has 0 radical (unpaired) electrons. The number of urea groups is 1. The van der Waals surface area contributed by atoms with Crippen LogP contribution >= 0.6 is 0 Å². The molecule has 2 amide bonds. The number of carbonyl (C=O) groups is 2. The molecule has 28 heavy (non-hydrogen) atoms. The van der Waals surface area contributed by atoms with Gasteiger partial charge in [0.25, 0.3) is 0 Å². The van der Waals surface area contributed by atoms with Gasteiger partial charge in [0, 0.05) is 18.2 Å². The predicted octanol–water partition coefficient (Wildman–Crippen LogP) is 4.75. The Balaban J connectivity index is 2.35. The van der Waals surface area contributed by atoms with Crippen LogP contribution in [0.3, 0.4) is 0 Å². The first-order chi connectivity index (χ1) is 13.1. The molecule has 6 heteroatoms. The SMILES string of the molecule is CCCNC(=O)Nc1cc(OC(=O)c2ccc(C)cc2)cc(C(C)(C)C)c1O.